The summed E-state index contributed by atoms with van der Waals surface area (Å²) >= 11 is 0. The Morgan fingerprint density at radius 2 is 2.08 bits per heavy atom. The number of fused-ring (bicyclic) bond motifs is 1. The predicted molar refractivity (Wildman–Crippen MR) is 95.1 cm³/mol. The number of benzene rings is 1. The van der Waals surface area contributed by atoms with Gasteiger partial charge in [-0.15, -0.1) is 0 Å². The van der Waals surface area contributed by atoms with Crippen LogP contribution in [0.25, 0.3) is 0 Å². The van der Waals surface area contributed by atoms with Crippen molar-refractivity contribution in [3.8, 4) is 5.88 Å². The minimum absolute atomic E-state index is 0.130. The normalized spacial score (nSPS) is 20.0. The molecule has 1 aromatic heterocycles. The molecule has 1 aromatic carbocycles. The lowest BCUT2D eigenvalue weighted by Crippen LogP contribution is -2.46. The highest BCUT2D eigenvalue weighted by atomic mass is 32.2. The summed E-state index contributed by atoms with van der Waals surface area (Å²) in [6.07, 6.45) is 3.21. The smallest absolute Gasteiger partial charge is 0.264 e. The maximum atomic E-state index is 13.3. The van der Waals surface area contributed by atoms with Gasteiger partial charge in [0.05, 0.1) is 23.3 Å². The van der Waals surface area contributed by atoms with Crippen LogP contribution in [0.1, 0.15) is 24.3 Å². The summed E-state index contributed by atoms with van der Waals surface area (Å²) in [5.74, 6) is 0.707. The maximum Gasteiger partial charge on any atom is 0.264 e. The number of rotatable bonds is 4. The van der Waals surface area contributed by atoms with Crippen LogP contribution in [0.2, 0.25) is 0 Å². The number of sulfonamides is 1. The number of hydrogen-bond acceptors (Lipinski definition) is 6. The van der Waals surface area contributed by atoms with Crippen LogP contribution in [0.15, 0.2) is 41.4 Å². The molecule has 8 heteroatoms. The summed E-state index contributed by atoms with van der Waals surface area (Å²) < 4.78 is 33.5. The molecule has 1 aliphatic heterocycles. The number of hydrogen-bond donors (Lipinski definition) is 2. The highest BCUT2D eigenvalue weighted by molar-refractivity contribution is 7.92. The highest BCUT2D eigenvalue weighted by Gasteiger charge is 2.35. The molecule has 2 aliphatic rings. The summed E-state index contributed by atoms with van der Waals surface area (Å²) in [5, 5.41) is 0. The molecule has 0 saturated heterocycles. The third-order valence-electron chi connectivity index (χ3n) is 4.53. The molecule has 0 spiro atoms. The molecule has 2 aromatic rings. The van der Waals surface area contributed by atoms with Crippen molar-refractivity contribution in [1.82, 2.24) is 4.98 Å². The average Bonchev–Trinajstić information content (AvgIpc) is 3.46. The second-order valence-corrected chi connectivity index (χ2v) is 8.31. The molecule has 0 amide bonds. The summed E-state index contributed by atoms with van der Waals surface area (Å²) in [6, 6.07) is 8.72. The summed E-state index contributed by atoms with van der Waals surface area (Å²) in [5.41, 5.74) is 13.3. The van der Waals surface area contributed by atoms with Gasteiger partial charge in [0, 0.05) is 6.54 Å². The predicted octanol–water partition coefficient (Wildman–Crippen LogP) is 1.46. The number of ether oxygens (including phenoxy) is 1. The van der Waals surface area contributed by atoms with Crippen LogP contribution < -0.4 is 20.5 Å². The molecule has 7 nitrogen and oxygen atoms in total. The molecule has 25 heavy (non-hydrogen) atoms. The second kappa shape index (κ2) is 5.89. The van der Waals surface area contributed by atoms with Crippen molar-refractivity contribution < 1.29 is 13.2 Å². The van der Waals surface area contributed by atoms with E-state index in [1.165, 1.54) is 10.5 Å². The Bertz CT molecular complexity index is 912. The lowest BCUT2D eigenvalue weighted by atomic mass is 10.1. The van der Waals surface area contributed by atoms with E-state index in [1.807, 2.05) is 6.07 Å². The first-order chi connectivity index (χ1) is 12.0. The average molecular weight is 360 g/mol. The molecule has 0 radical (unpaired) electrons. The van der Waals surface area contributed by atoms with Crippen LogP contribution in [0.5, 0.6) is 5.88 Å². The fraction of sp³-hybridized carbons (Fsp3) is 0.353. The van der Waals surface area contributed by atoms with Gasteiger partial charge < -0.3 is 16.2 Å². The van der Waals surface area contributed by atoms with Gasteiger partial charge in [-0.25, -0.2) is 13.4 Å². The first-order valence-electron chi connectivity index (χ1n) is 8.24. The van der Waals surface area contributed by atoms with E-state index in [0.717, 1.165) is 18.4 Å². The van der Waals surface area contributed by atoms with Gasteiger partial charge in [-0.2, -0.15) is 0 Å². The van der Waals surface area contributed by atoms with E-state index in [1.54, 1.807) is 24.3 Å². The molecule has 1 saturated carbocycles. The van der Waals surface area contributed by atoms with Gasteiger partial charge in [0.15, 0.2) is 0 Å². The van der Waals surface area contributed by atoms with E-state index in [0.29, 0.717) is 17.3 Å². The zero-order valence-electron chi connectivity index (χ0n) is 13.6. The zero-order valence-corrected chi connectivity index (χ0v) is 14.4. The van der Waals surface area contributed by atoms with E-state index < -0.39 is 16.1 Å². The molecular weight excluding hydrogens is 340 g/mol. The van der Waals surface area contributed by atoms with Crippen molar-refractivity contribution in [3.05, 3.63) is 42.1 Å². The van der Waals surface area contributed by atoms with Crippen molar-refractivity contribution in [1.29, 1.82) is 0 Å². The molecule has 4 N–H and O–H groups in total. The summed E-state index contributed by atoms with van der Waals surface area (Å²) in [7, 11) is -3.76. The Labute approximate surface area is 146 Å². The molecule has 1 aliphatic carbocycles. The fourth-order valence-electron chi connectivity index (χ4n) is 3.03. The van der Waals surface area contributed by atoms with Crippen LogP contribution in [-0.4, -0.2) is 32.6 Å². The monoisotopic (exact) mass is 360 g/mol. The van der Waals surface area contributed by atoms with E-state index in [2.05, 4.69) is 4.98 Å². The van der Waals surface area contributed by atoms with Gasteiger partial charge in [-0.1, -0.05) is 12.1 Å². The van der Waals surface area contributed by atoms with E-state index in [9.17, 15) is 8.42 Å². The fourth-order valence-corrected chi connectivity index (χ4v) is 4.57. The van der Waals surface area contributed by atoms with E-state index in [-0.39, 0.29) is 23.9 Å². The Morgan fingerprint density at radius 3 is 2.80 bits per heavy atom. The third kappa shape index (κ3) is 2.91. The first kappa shape index (κ1) is 16.2. The van der Waals surface area contributed by atoms with Gasteiger partial charge in [0.25, 0.3) is 10.0 Å². The Balaban J connectivity index is 1.79. The van der Waals surface area contributed by atoms with Crippen LogP contribution in [0.3, 0.4) is 0 Å². The molecule has 4 rings (SSSR count). The number of nitrogen functional groups attached to an aromatic ring is 1. The largest absolute Gasteiger partial charge is 0.470 e. The van der Waals surface area contributed by atoms with Crippen molar-refractivity contribution >= 4 is 21.4 Å². The third-order valence-corrected chi connectivity index (χ3v) is 6.30. The number of nitrogens with two attached hydrogens (primary N) is 2. The van der Waals surface area contributed by atoms with Crippen molar-refractivity contribution in [2.24, 2.45) is 5.73 Å². The zero-order chi connectivity index (χ0) is 17.6. The number of aromatic nitrogens is 1. The Morgan fingerprint density at radius 1 is 1.28 bits per heavy atom. The van der Waals surface area contributed by atoms with Crippen molar-refractivity contribution in [2.75, 3.05) is 23.1 Å². The number of nitrogens with zero attached hydrogens (tertiary/aromatic N) is 2. The lowest BCUT2D eigenvalue weighted by molar-refractivity contribution is 0.199. The molecule has 1 atom stereocenters. The van der Waals surface area contributed by atoms with E-state index in [4.69, 9.17) is 16.2 Å². The molecule has 132 valence electrons. The lowest BCUT2D eigenvalue weighted by Gasteiger charge is -2.34. The topological polar surface area (TPSA) is 112 Å². The van der Waals surface area contributed by atoms with Crippen LogP contribution in [0.4, 0.5) is 11.4 Å². The molecule has 1 unspecified atom stereocenters. The number of pyridine rings is 1. The minimum atomic E-state index is -3.76. The van der Waals surface area contributed by atoms with Gasteiger partial charge in [0.2, 0.25) is 5.88 Å². The quantitative estimate of drug-likeness (QED) is 0.854. The number of anilines is 2. The minimum Gasteiger partial charge on any atom is -0.470 e. The second-order valence-electron chi connectivity index (χ2n) is 6.45. The van der Waals surface area contributed by atoms with Crippen LogP contribution >= 0.6 is 0 Å². The molecular formula is C17H20N4O3S. The standard InChI is InChI=1S/C17H20N4O3S/c18-8-14-10-21(16-7-13(19)9-20-17(16)24-14)25(22,23)15-3-1-2-12(6-15)11-4-5-11/h1-3,6-7,9,11,14H,4-5,8,10,18-19H2. The van der Waals surface area contributed by atoms with E-state index >= 15 is 0 Å². The maximum absolute atomic E-state index is 13.3. The van der Waals surface area contributed by atoms with Gasteiger partial charge >= 0.3 is 0 Å². The van der Waals surface area contributed by atoms with Crippen LogP contribution in [0, 0.1) is 0 Å². The first-order valence-corrected chi connectivity index (χ1v) is 9.68. The molecule has 0 bridgehead atoms. The van der Waals surface area contributed by atoms with Crippen LogP contribution in [-0.2, 0) is 10.0 Å². The molecule has 1 fully saturated rings. The van der Waals surface area contributed by atoms with Crippen molar-refractivity contribution in [2.45, 2.75) is 29.8 Å². The van der Waals surface area contributed by atoms with Gasteiger partial charge in [0.1, 0.15) is 11.8 Å². The Kier molecular flexibility index (Phi) is 3.81. The van der Waals surface area contributed by atoms with Gasteiger partial charge in [-0.05, 0) is 42.5 Å². The molecule has 2 heterocycles. The van der Waals surface area contributed by atoms with Crippen molar-refractivity contribution in [3.63, 3.8) is 0 Å². The summed E-state index contributed by atoms with van der Waals surface area (Å²) in [4.78, 5) is 4.39. The summed E-state index contributed by atoms with van der Waals surface area (Å²) in [6.45, 7) is 0.324. The highest BCUT2D eigenvalue weighted by Crippen LogP contribution is 2.41. The Hall–Kier alpha value is -2.32. The van der Waals surface area contributed by atoms with Gasteiger partial charge in [-0.3, -0.25) is 4.31 Å². The SMILES string of the molecule is NCC1CN(S(=O)(=O)c2cccc(C3CC3)c2)c2cc(N)cnc2O1.